The van der Waals surface area contributed by atoms with E-state index in [0.717, 1.165) is 6.07 Å². The number of pyridine rings is 1. The number of carbonyl (C=O) groups excluding carboxylic acids is 1. The smallest absolute Gasteiger partial charge is 0.298 e. The average molecular weight is 446 g/mol. The van der Waals surface area contributed by atoms with Crippen molar-refractivity contribution in [1.82, 2.24) is 9.88 Å². The summed E-state index contributed by atoms with van der Waals surface area (Å²) in [6.07, 6.45) is 1.33. The van der Waals surface area contributed by atoms with E-state index in [4.69, 9.17) is 9.84 Å². The Balaban J connectivity index is 1.86. The second-order valence-electron chi connectivity index (χ2n) is 7.09. The molecule has 3 aromatic rings. The highest BCUT2D eigenvalue weighted by atomic mass is 19.3. The molecule has 168 valence electrons. The Kier molecular flexibility index (Phi) is 6.69. The fraction of sp³-hybridized carbons (Fsp3) is 0.217. The van der Waals surface area contributed by atoms with Gasteiger partial charge in [-0.2, -0.15) is 8.78 Å². The van der Waals surface area contributed by atoms with E-state index in [1.165, 1.54) is 49.1 Å². The maximum Gasteiger partial charge on any atom is 0.298 e. The number of nitrogens with zero attached hydrogens (tertiary/aromatic N) is 1. The van der Waals surface area contributed by atoms with Gasteiger partial charge in [0.05, 0.1) is 24.3 Å². The second kappa shape index (κ2) is 9.27. The molecule has 2 N–H and O–H groups in total. The molecule has 1 heterocycles. The Morgan fingerprint density at radius 1 is 1.16 bits per heavy atom. The first-order valence-electron chi connectivity index (χ1n) is 9.63. The lowest BCUT2D eigenvalue weighted by Gasteiger charge is -2.20. The van der Waals surface area contributed by atoms with Crippen LogP contribution < -0.4 is 15.6 Å². The van der Waals surface area contributed by atoms with Gasteiger partial charge in [-0.1, -0.05) is 12.1 Å². The number of hydrogen-bond donors (Lipinski definition) is 2. The molecule has 1 atom stereocenters. The number of aliphatic hydroxyl groups is 1. The SMILES string of the molecule is COc1ccc(-n2cc(C(=O)N[C@H](C)c3cccc(C(F)(F)CO)c3F)ccc2=O)cc1. The molecule has 6 nitrogen and oxygen atoms in total. The lowest BCUT2D eigenvalue weighted by molar-refractivity contribution is -0.0584. The van der Waals surface area contributed by atoms with Crippen LogP contribution in [0.2, 0.25) is 0 Å². The van der Waals surface area contributed by atoms with Crippen LogP contribution in [0.15, 0.2) is 65.6 Å². The van der Waals surface area contributed by atoms with Crippen molar-refractivity contribution in [1.29, 1.82) is 0 Å². The van der Waals surface area contributed by atoms with Crippen molar-refractivity contribution in [3.05, 3.63) is 93.7 Å². The third kappa shape index (κ3) is 4.67. The fourth-order valence-electron chi connectivity index (χ4n) is 3.18. The lowest BCUT2D eigenvalue weighted by Crippen LogP contribution is -2.30. The van der Waals surface area contributed by atoms with Gasteiger partial charge in [0.1, 0.15) is 18.2 Å². The number of aromatic nitrogens is 1. The van der Waals surface area contributed by atoms with Gasteiger partial charge in [0, 0.05) is 23.5 Å². The number of nitrogens with one attached hydrogen (secondary N) is 1. The molecule has 9 heteroatoms. The van der Waals surface area contributed by atoms with E-state index in [1.54, 1.807) is 24.3 Å². The summed E-state index contributed by atoms with van der Waals surface area (Å²) in [6.45, 7) is -0.0995. The number of rotatable bonds is 7. The first-order valence-corrected chi connectivity index (χ1v) is 9.63. The maximum atomic E-state index is 14.7. The molecule has 0 radical (unpaired) electrons. The molecule has 0 aliphatic heterocycles. The summed E-state index contributed by atoms with van der Waals surface area (Å²) in [7, 11) is 1.51. The summed E-state index contributed by atoms with van der Waals surface area (Å²) in [4.78, 5) is 25.0. The monoisotopic (exact) mass is 446 g/mol. The molecular formula is C23H21F3N2O4. The quantitative estimate of drug-likeness (QED) is 0.582. The minimum atomic E-state index is -3.75. The second-order valence-corrected chi connectivity index (χ2v) is 7.09. The van der Waals surface area contributed by atoms with E-state index >= 15 is 0 Å². The predicted molar refractivity (Wildman–Crippen MR) is 112 cm³/mol. The van der Waals surface area contributed by atoms with Crippen LogP contribution in [0.5, 0.6) is 5.75 Å². The van der Waals surface area contributed by atoms with Gasteiger partial charge in [0.2, 0.25) is 0 Å². The van der Waals surface area contributed by atoms with Crippen LogP contribution in [0.3, 0.4) is 0 Å². The zero-order chi connectivity index (χ0) is 23.5. The van der Waals surface area contributed by atoms with Crippen molar-refractivity contribution in [2.24, 2.45) is 0 Å². The number of halogens is 3. The molecule has 0 fully saturated rings. The number of ether oxygens (including phenoxy) is 1. The van der Waals surface area contributed by atoms with Gasteiger partial charge >= 0.3 is 0 Å². The number of alkyl halides is 2. The van der Waals surface area contributed by atoms with Crippen molar-refractivity contribution in [2.75, 3.05) is 13.7 Å². The zero-order valence-corrected chi connectivity index (χ0v) is 17.3. The summed E-state index contributed by atoms with van der Waals surface area (Å²) in [5.74, 6) is -4.99. The molecule has 0 saturated heterocycles. The molecule has 3 rings (SSSR count). The van der Waals surface area contributed by atoms with Crippen molar-refractivity contribution in [2.45, 2.75) is 18.9 Å². The highest BCUT2D eigenvalue weighted by molar-refractivity contribution is 5.94. The summed E-state index contributed by atoms with van der Waals surface area (Å²) >= 11 is 0. The number of amides is 1. The molecular weight excluding hydrogens is 425 g/mol. The summed E-state index contributed by atoms with van der Waals surface area (Å²) in [5.41, 5.74) is -0.864. The molecule has 32 heavy (non-hydrogen) atoms. The van der Waals surface area contributed by atoms with E-state index in [9.17, 15) is 22.8 Å². The highest BCUT2D eigenvalue weighted by Gasteiger charge is 2.35. The van der Waals surface area contributed by atoms with Crippen molar-refractivity contribution >= 4 is 5.91 Å². The van der Waals surface area contributed by atoms with Crippen LogP contribution in [0, 0.1) is 5.82 Å². The Bertz CT molecular complexity index is 1180. The molecule has 1 aromatic heterocycles. The van der Waals surface area contributed by atoms with Crippen LogP contribution in [-0.2, 0) is 5.92 Å². The normalized spacial score (nSPS) is 12.3. The Morgan fingerprint density at radius 3 is 2.47 bits per heavy atom. The van der Waals surface area contributed by atoms with Crippen LogP contribution >= 0.6 is 0 Å². The summed E-state index contributed by atoms with van der Waals surface area (Å²) in [5, 5.41) is 11.4. The van der Waals surface area contributed by atoms with E-state index in [2.05, 4.69) is 5.32 Å². The number of methoxy groups -OCH3 is 1. The minimum Gasteiger partial charge on any atom is -0.497 e. The van der Waals surface area contributed by atoms with Crippen LogP contribution in [0.1, 0.15) is 34.5 Å². The number of hydrogen-bond acceptors (Lipinski definition) is 4. The molecule has 0 spiro atoms. The molecule has 2 aromatic carbocycles. The molecule has 0 aliphatic rings. The van der Waals surface area contributed by atoms with Gasteiger partial charge in [-0.3, -0.25) is 14.2 Å². The number of benzene rings is 2. The first-order chi connectivity index (χ1) is 15.2. The summed E-state index contributed by atoms with van der Waals surface area (Å²) < 4.78 is 48.6. The first kappa shape index (κ1) is 23.1. The van der Waals surface area contributed by atoms with Gasteiger partial charge in [-0.15, -0.1) is 0 Å². The Morgan fingerprint density at radius 2 is 1.84 bits per heavy atom. The maximum absolute atomic E-state index is 14.7. The third-order valence-electron chi connectivity index (χ3n) is 4.96. The van der Waals surface area contributed by atoms with Crippen molar-refractivity contribution in [3.63, 3.8) is 0 Å². The van der Waals surface area contributed by atoms with Crippen molar-refractivity contribution in [3.8, 4) is 11.4 Å². The average Bonchev–Trinajstić information content (AvgIpc) is 2.79. The van der Waals surface area contributed by atoms with Gasteiger partial charge in [0.25, 0.3) is 17.4 Å². The van der Waals surface area contributed by atoms with Gasteiger partial charge in [-0.05, 0) is 43.3 Å². The van der Waals surface area contributed by atoms with Gasteiger partial charge < -0.3 is 15.2 Å². The zero-order valence-electron chi connectivity index (χ0n) is 17.3. The molecule has 0 bridgehead atoms. The van der Waals surface area contributed by atoms with Gasteiger partial charge in [-0.25, -0.2) is 4.39 Å². The molecule has 1 amide bonds. The van der Waals surface area contributed by atoms with Crippen LogP contribution in [0.25, 0.3) is 5.69 Å². The highest BCUT2D eigenvalue weighted by Crippen LogP contribution is 2.32. The van der Waals surface area contributed by atoms with E-state index < -0.39 is 35.9 Å². The van der Waals surface area contributed by atoms with Crippen LogP contribution in [-0.4, -0.2) is 29.3 Å². The minimum absolute atomic E-state index is 0.115. The Labute approximate surface area is 181 Å². The fourth-order valence-corrected chi connectivity index (χ4v) is 3.18. The lowest BCUT2D eigenvalue weighted by atomic mass is 10.00. The van der Waals surface area contributed by atoms with E-state index in [0.29, 0.717) is 11.4 Å². The largest absolute Gasteiger partial charge is 0.497 e. The van der Waals surface area contributed by atoms with E-state index in [-0.39, 0.29) is 16.7 Å². The standard InChI is InChI=1S/C23H21F3N2O4/c1-14(18-4-3-5-19(21(18)24)23(25,26)13-29)27-22(31)15-6-11-20(30)28(12-15)16-7-9-17(32-2)10-8-16/h3-12,14,29H,13H2,1-2H3,(H,27,31)/t14-/m1/s1. The third-order valence-corrected chi connectivity index (χ3v) is 4.96. The molecule has 0 saturated carbocycles. The van der Waals surface area contributed by atoms with Gasteiger partial charge in [0.15, 0.2) is 0 Å². The summed E-state index contributed by atoms with van der Waals surface area (Å²) in [6, 6.07) is 11.6. The number of carbonyl (C=O) groups is 1. The van der Waals surface area contributed by atoms with Crippen molar-refractivity contribution < 1.29 is 27.8 Å². The van der Waals surface area contributed by atoms with E-state index in [1.807, 2.05) is 0 Å². The predicted octanol–water partition coefficient (Wildman–Crippen LogP) is 3.56. The Hall–Kier alpha value is -3.59. The molecule has 0 aliphatic carbocycles. The van der Waals surface area contributed by atoms with Crippen LogP contribution in [0.4, 0.5) is 13.2 Å². The molecule has 0 unspecified atom stereocenters. The topological polar surface area (TPSA) is 80.6 Å². The number of aliphatic hydroxyl groups excluding tert-OH is 1.